The summed E-state index contributed by atoms with van der Waals surface area (Å²) in [7, 11) is 1.57. The van der Waals surface area contributed by atoms with Gasteiger partial charge < -0.3 is 15.8 Å². The van der Waals surface area contributed by atoms with Crippen molar-refractivity contribution in [1.29, 1.82) is 0 Å². The average Bonchev–Trinajstić information content (AvgIpc) is 2.97. The average molecular weight is 326 g/mol. The van der Waals surface area contributed by atoms with Crippen LogP contribution in [0, 0.1) is 5.92 Å². The van der Waals surface area contributed by atoms with Gasteiger partial charge in [0.05, 0.1) is 19.1 Å². The summed E-state index contributed by atoms with van der Waals surface area (Å²) < 4.78 is 4.96. The third-order valence-corrected chi connectivity index (χ3v) is 3.00. The minimum atomic E-state index is -0.199. The van der Waals surface area contributed by atoms with Gasteiger partial charge in [0.1, 0.15) is 5.82 Å². The minimum Gasteiger partial charge on any atom is -0.384 e. The highest BCUT2D eigenvalue weighted by Crippen LogP contribution is 2.18. The highest BCUT2D eigenvalue weighted by molar-refractivity contribution is 5.92. The maximum Gasteiger partial charge on any atom is 0.229 e. The smallest absolute Gasteiger partial charge is 0.229 e. The van der Waals surface area contributed by atoms with Gasteiger partial charge in [0.25, 0.3) is 0 Å². The number of benzene rings is 1. The monoisotopic (exact) mass is 325 g/mol. The molecule has 4 N–H and O–H groups in total. The maximum atomic E-state index is 11.9. The van der Waals surface area contributed by atoms with Gasteiger partial charge in [-0.3, -0.25) is 9.89 Å². The summed E-state index contributed by atoms with van der Waals surface area (Å²) in [6.07, 6.45) is 0. The van der Waals surface area contributed by atoms with Gasteiger partial charge in [-0.2, -0.15) is 5.10 Å². The minimum absolute atomic E-state index is 0. The lowest BCUT2D eigenvalue weighted by molar-refractivity contribution is -0.120. The summed E-state index contributed by atoms with van der Waals surface area (Å²) >= 11 is 0. The topological polar surface area (TPSA) is 106 Å². The molecule has 1 amide bonds. The third-order valence-electron chi connectivity index (χ3n) is 3.00. The summed E-state index contributed by atoms with van der Waals surface area (Å²) in [4.78, 5) is 16.1. The fourth-order valence-corrected chi connectivity index (χ4v) is 1.81. The summed E-state index contributed by atoms with van der Waals surface area (Å²) in [6.45, 7) is 2.52. The van der Waals surface area contributed by atoms with E-state index in [2.05, 4.69) is 20.5 Å². The number of halogens is 1. The molecule has 1 heterocycles. The van der Waals surface area contributed by atoms with Gasteiger partial charge in [0.2, 0.25) is 5.91 Å². The summed E-state index contributed by atoms with van der Waals surface area (Å²) in [5, 5.41) is 9.67. The zero-order valence-electron chi connectivity index (χ0n) is 12.5. The molecular formula is C14H20ClN5O2. The fourth-order valence-electron chi connectivity index (χ4n) is 1.81. The van der Waals surface area contributed by atoms with Crippen molar-refractivity contribution >= 4 is 24.0 Å². The lowest BCUT2D eigenvalue weighted by Gasteiger charge is -2.11. The number of H-pyrrole nitrogens is 1. The first kappa shape index (κ1) is 18.1. The van der Waals surface area contributed by atoms with Crippen LogP contribution in [0.25, 0.3) is 11.4 Å². The molecule has 7 nitrogen and oxygen atoms in total. The number of rotatable bonds is 6. The number of anilines is 1. The molecule has 0 saturated carbocycles. The number of nitrogens with zero attached hydrogens (tertiary/aromatic N) is 2. The number of hydrogen-bond donors (Lipinski definition) is 3. The number of amides is 1. The van der Waals surface area contributed by atoms with Crippen molar-refractivity contribution in [2.45, 2.75) is 13.5 Å². The molecule has 120 valence electrons. The normalized spacial score (nSPS) is 11.6. The Hall–Kier alpha value is -1.96. The van der Waals surface area contributed by atoms with Crippen molar-refractivity contribution in [2.75, 3.05) is 19.0 Å². The van der Waals surface area contributed by atoms with Crippen LogP contribution in [0.15, 0.2) is 24.3 Å². The summed E-state index contributed by atoms with van der Waals surface area (Å²) in [5.41, 5.74) is 7.06. The Kier molecular flexibility index (Phi) is 6.97. The lowest BCUT2D eigenvalue weighted by atomic mass is 10.1. The predicted octanol–water partition coefficient (Wildman–Crippen LogP) is 1.57. The fraction of sp³-hybridized carbons (Fsp3) is 0.357. The summed E-state index contributed by atoms with van der Waals surface area (Å²) in [6, 6.07) is 7.32. The first-order valence-electron chi connectivity index (χ1n) is 6.65. The van der Waals surface area contributed by atoms with Crippen LogP contribution in [-0.4, -0.2) is 34.8 Å². The van der Waals surface area contributed by atoms with Crippen molar-refractivity contribution in [3.63, 3.8) is 0 Å². The van der Waals surface area contributed by atoms with Crippen LogP contribution < -0.4 is 11.1 Å². The van der Waals surface area contributed by atoms with Crippen LogP contribution >= 0.6 is 12.4 Å². The van der Waals surface area contributed by atoms with Crippen molar-refractivity contribution < 1.29 is 9.53 Å². The van der Waals surface area contributed by atoms with Gasteiger partial charge in [-0.1, -0.05) is 6.92 Å². The molecule has 1 aromatic heterocycles. The Labute approximate surface area is 135 Å². The Morgan fingerprint density at radius 1 is 1.41 bits per heavy atom. The number of nitrogens with two attached hydrogens (primary N) is 1. The zero-order valence-corrected chi connectivity index (χ0v) is 13.3. The quantitative estimate of drug-likeness (QED) is 0.747. The summed E-state index contributed by atoms with van der Waals surface area (Å²) in [5.74, 6) is 0.944. The van der Waals surface area contributed by atoms with Crippen LogP contribution in [0.3, 0.4) is 0 Å². The lowest BCUT2D eigenvalue weighted by Crippen LogP contribution is -2.23. The molecule has 2 aromatic rings. The van der Waals surface area contributed by atoms with Crippen molar-refractivity contribution in [1.82, 2.24) is 15.2 Å². The molecule has 0 bridgehead atoms. The molecule has 0 aliphatic heterocycles. The SMILES string of the molecule is COCC(C)C(=O)Nc1ccc(-c2n[nH]c(CN)n2)cc1.Cl. The molecule has 1 aromatic carbocycles. The molecule has 0 aliphatic carbocycles. The van der Waals surface area contributed by atoms with Crippen molar-refractivity contribution in [3.05, 3.63) is 30.1 Å². The molecule has 1 unspecified atom stereocenters. The number of aromatic nitrogens is 3. The second-order valence-electron chi connectivity index (χ2n) is 4.73. The Morgan fingerprint density at radius 3 is 2.64 bits per heavy atom. The van der Waals surface area contributed by atoms with Crippen LogP contribution in [0.2, 0.25) is 0 Å². The maximum absolute atomic E-state index is 11.9. The van der Waals surface area contributed by atoms with E-state index < -0.39 is 0 Å². The highest BCUT2D eigenvalue weighted by atomic mass is 35.5. The Bertz CT molecular complexity index is 600. The molecule has 1 atom stereocenters. The van der Waals surface area contributed by atoms with E-state index in [1.165, 1.54) is 0 Å². The Balaban J connectivity index is 0.00000242. The largest absolute Gasteiger partial charge is 0.384 e. The Morgan fingerprint density at radius 2 is 2.09 bits per heavy atom. The van der Waals surface area contributed by atoms with E-state index in [9.17, 15) is 4.79 Å². The van der Waals surface area contributed by atoms with Crippen LogP contribution in [0.1, 0.15) is 12.7 Å². The number of hydrogen-bond acceptors (Lipinski definition) is 5. The van der Waals surface area contributed by atoms with Gasteiger partial charge in [-0.15, -0.1) is 12.4 Å². The number of nitrogens with one attached hydrogen (secondary N) is 2. The van der Waals surface area contributed by atoms with Gasteiger partial charge in [0, 0.05) is 18.4 Å². The zero-order chi connectivity index (χ0) is 15.2. The van der Waals surface area contributed by atoms with E-state index >= 15 is 0 Å². The molecule has 8 heteroatoms. The van der Waals surface area contributed by atoms with Crippen LogP contribution in [0.4, 0.5) is 5.69 Å². The molecule has 0 saturated heterocycles. The second-order valence-corrected chi connectivity index (χ2v) is 4.73. The van der Waals surface area contributed by atoms with Crippen molar-refractivity contribution in [2.24, 2.45) is 11.7 Å². The second kappa shape index (κ2) is 8.47. The molecule has 0 radical (unpaired) electrons. The van der Waals surface area contributed by atoms with Gasteiger partial charge in [-0.05, 0) is 24.3 Å². The van der Waals surface area contributed by atoms with Gasteiger partial charge >= 0.3 is 0 Å². The highest BCUT2D eigenvalue weighted by Gasteiger charge is 2.12. The van der Waals surface area contributed by atoms with E-state index in [0.29, 0.717) is 24.8 Å². The number of aromatic amines is 1. The number of carbonyl (C=O) groups excluding carboxylic acids is 1. The van der Waals surface area contributed by atoms with Gasteiger partial charge in [-0.25, -0.2) is 4.98 Å². The third kappa shape index (κ3) is 4.52. The molecule has 0 fully saturated rings. The van der Waals surface area contributed by atoms with E-state index in [1.54, 1.807) is 7.11 Å². The predicted molar refractivity (Wildman–Crippen MR) is 86.6 cm³/mol. The van der Waals surface area contributed by atoms with Crippen LogP contribution in [0.5, 0.6) is 0 Å². The van der Waals surface area contributed by atoms with E-state index in [-0.39, 0.29) is 24.2 Å². The first-order valence-corrected chi connectivity index (χ1v) is 6.65. The molecule has 2 rings (SSSR count). The number of ether oxygens (including phenoxy) is 1. The number of methoxy groups -OCH3 is 1. The molecule has 0 spiro atoms. The molecule has 0 aliphatic rings. The molecule has 22 heavy (non-hydrogen) atoms. The molecular weight excluding hydrogens is 306 g/mol. The first-order chi connectivity index (χ1) is 10.1. The van der Waals surface area contributed by atoms with E-state index in [4.69, 9.17) is 10.5 Å². The van der Waals surface area contributed by atoms with Crippen LogP contribution in [-0.2, 0) is 16.1 Å². The standard InChI is InChI=1S/C14H19N5O2.ClH/c1-9(8-21-2)14(20)16-11-5-3-10(4-6-11)13-17-12(7-15)18-19-13;/h3-6,9H,7-8,15H2,1-2H3,(H,16,20)(H,17,18,19);1H. The number of carbonyl (C=O) groups is 1. The van der Waals surface area contributed by atoms with Gasteiger partial charge in [0.15, 0.2) is 5.82 Å². The van der Waals surface area contributed by atoms with Crippen molar-refractivity contribution in [3.8, 4) is 11.4 Å². The van der Waals surface area contributed by atoms with E-state index in [0.717, 1.165) is 11.3 Å². The van der Waals surface area contributed by atoms with E-state index in [1.807, 2.05) is 31.2 Å².